The third-order valence-corrected chi connectivity index (χ3v) is 11.2. The summed E-state index contributed by atoms with van der Waals surface area (Å²) in [6.45, 7) is 11.9. The molecule has 1 aromatic heterocycles. The molecule has 1 spiro atoms. The van der Waals surface area contributed by atoms with E-state index < -0.39 is 93.7 Å². The van der Waals surface area contributed by atoms with Crippen molar-refractivity contribution in [1.82, 2.24) is 0 Å². The molecule has 2 saturated carbocycles. The molecular formula is C30H38O11. The second-order valence-electron chi connectivity index (χ2n) is 13.7. The number of hydrogen-bond donors (Lipinski definition) is 1. The van der Waals surface area contributed by atoms with Crippen molar-refractivity contribution < 1.29 is 52.4 Å². The Balaban J connectivity index is 1.60. The van der Waals surface area contributed by atoms with Crippen LogP contribution in [-0.2, 0) is 42.9 Å². The molecular weight excluding hydrogens is 536 g/mol. The molecule has 1 aromatic rings. The van der Waals surface area contributed by atoms with Gasteiger partial charge < -0.3 is 33.2 Å². The summed E-state index contributed by atoms with van der Waals surface area (Å²) in [5, 5.41) is 12.3. The smallest absolute Gasteiger partial charge is 0.339 e. The van der Waals surface area contributed by atoms with E-state index in [1.807, 2.05) is 20.8 Å². The van der Waals surface area contributed by atoms with Crippen LogP contribution in [0.25, 0.3) is 0 Å². The normalized spacial score (nSPS) is 47.7. The number of hydrogen-bond acceptors (Lipinski definition) is 11. The van der Waals surface area contributed by atoms with Crippen LogP contribution in [0.15, 0.2) is 23.0 Å². The molecule has 11 atom stereocenters. The van der Waals surface area contributed by atoms with Crippen molar-refractivity contribution in [1.29, 1.82) is 0 Å². The van der Waals surface area contributed by atoms with Crippen molar-refractivity contribution in [2.24, 2.45) is 28.1 Å². The highest BCUT2D eigenvalue weighted by Crippen LogP contribution is 2.79. The molecule has 6 rings (SSSR count). The van der Waals surface area contributed by atoms with Gasteiger partial charge in [-0.15, -0.1) is 0 Å². The van der Waals surface area contributed by atoms with Crippen molar-refractivity contribution in [3.05, 3.63) is 24.2 Å². The van der Waals surface area contributed by atoms with Crippen molar-refractivity contribution in [3.63, 3.8) is 0 Å². The van der Waals surface area contributed by atoms with Crippen LogP contribution in [-0.4, -0.2) is 64.6 Å². The van der Waals surface area contributed by atoms with E-state index >= 15 is 0 Å². The molecule has 1 N–H and O–H groups in total. The lowest BCUT2D eigenvalue weighted by atomic mass is 9.36. The molecule has 224 valence electrons. The first-order valence-corrected chi connectivity index (χ1v) is 14.2. The molecule has 11 heteroatoms. The van der Waals surface area contributed by atoms with Gasteiger partial charge in [-0.1, -0.05) is 20.8 Å². The Bertz CT molecular complexity index is 1300. The number of aliphatic hydroxyl groups excluding tert-OH is 1. The van der Waals surface area contributed by atoms with Gasteiger partial charge in [0.15, 0.2) is 6.10 Å². The summed E-state index contributed by atoms with van der Waals surface area (Å²) in [7, 11) is 0. The SMILES string of the molecule is CC(=O)O[C@H]1CC(=O)OC(C)(C)[C@@H]2C[C@@H](OC(C)=O)[C@]3(C)[C@H]([C@@H](O)C[C@@]4(C)[C@H](c5ccoc5)OC(=O)C5O[C@@]534)[C@@]12C. The Labute approximate surface area is 238 Å². The molecule has 5 fully saturated rings. The van der Waals surface area contributed by atoms with Gasteiger partial charge in [0.1, 0.15) is 29.5 Å². The Kier molecular flexibility index (Phi) is 5.89. The Morgan fingerprint density at radius 3 is 2.27 bits per heavy atom. The summed E-state index contributed by atoms with van der Waals surface area (Å²) >= 11 is 0. The first-order chi connectivity index (χ1) is 19.0. The fourth-order valence-electron chi connectivity index (χ4n) is 10.0. The summed E-state index contributed by atoms with van der Waals surface area (Å²) in [6, 6.07) is 1.72. The maximum absolute atomic E-state index is 13.5. The molecule has 3 saturated heterocycles. The van der Waals surface area contributed by atoms with Crippen molar-refractivity contribution in [3.8, 4) is 0 Å². The lowest BCUT2D eigenvalue weighted by Gasteiger charge is -2.69. The van der Waals surface area contributed by atoms with E-state index in [2.05, 4.69) is 0 Å². The fourth-order valence-corrected chi connectivity index (χ4v) is 10.0. The number of furan rings is 1. The van der Waals surface area contributed by atoms with Crippen LogP contribution in [0.4, 0.5) is 0 Å². The molecule has 1 unspecified atom stereocenters. The maximum Gasteiger partial charge on any atom is 0.339 e. The van der Waals surface area contributed by atoms with Gasteiger partial charge in [-0.05, 0) is 32.8 Å². The Hall–Kier alpha value is -2.92. The second-order valence-corrected chi connectivity index (χ2v) is 13.7. The van der Waals surface area contributed by atoms with Gasteiger partial charge in [-0.25, -0.2) is 4.79 Å². The van der Waals surface area contributed by atoms with Crippen molar-refractivity contribution >= 4 is 23.9 Å². The number of aliphatic hydroxyl groups is 1. The van der Waals surface area contributed by atoms with E-state index in [9.17, 15) is 24.3 Å². The number of carbonyl (C=O) groups is 4. The third kappa shape index (κ3) is 3.45. The molecule has 11 nitrogen and oxygen atoms in total. The highest BCUT2D eigenvalue weighted by molar-refractivity contribution is 5.82. The topological polar surface area (TPSA) is 151 Å². The van der Waals surface area contributed by atoms with Gasteiger partial charge in [0, 0.05) is 47.5 Å². The molecule has 0 aromatic carbocycles. The summed E-state index contributed by atoms with van der Waals surface area (Å²) in [5.74, 6) is -3.42. The Morgan fingerprint density at radius 2 is 1.66 bits per heavy atom. The van der Waals surface area contributed by atoms with Crippen LogP contribution in [0.1, 0.15) is 79.4 Å². The zero-order valence-electron chi connectivity index (χ0n) is 24.4. The first-order valence-electron chi connectivity index (χ1n) is 14.2. The standard InChI is InChI=1S/C30H38O11/c1-14(31)37-19-11-21(34)40-26(3,4)18-10-20(38-15(2)32)29(7)22(28(18,19)6)17(33)12-27(5)23(16-8-9-36-13-16)39-25(35)24-30(27,29)41-24/h8-9,13,17-20,22-24,33H,10-12H2,1-7H3/t17-,18-,19-,20+,22+,23-,24?,27-,28+,29+,30+/m0/s1. The third-order valence-electron chi connectivity index (χ3n) is 11.2. The van der Waals surface area contributed by atoms with Crippen molar-refractivity contribution in [2.75, 3.05) is 0 Å². The molecule has 0 amide bonds. The zero-order valence-corrected chi connectivity index (χ0v) is 24.4. The van der Waals surface area contributed by atoms with Crippen LogP contribution in [0.5, 0.6) is 0 Å². The number of carbonyl (C=O) groups excluding carboxylic acids is 4. The van der Waals surface area contributed by atoms with Crippen LogP contribution < -0.4 is 0 Å². The first kappa shape index (κ1) is 28.2. The number of ether oxygens (including phenoxy) is 5. The van der Waals surface area contributed by atoms with E-state index in [0.717, 1.165) is 0 Å². The second kappa shape index (κ2) is 8.56. The Morgan fingerprint density at radius 1 is 1.00 bits per heavy atom. The van der Waals surface area contributed by atoms with Crippen molar-refractivity contribution in [2.45, 2.75) is 109 Å². The van der Waals surface area contributed by atoms with Gasteiger partial charge in [0.2, 0.25) is 0 Å². The number of fused-ring (bicyclic) bond motifs is 3. The highest BCUT2D eigenvalue weighted by Gasteiger charge is 2.90. The van der Waals surface area contributed by atoms with Gasteiger partial charge >= 0.3 is 23.9 Å². The van der Waals surface area contributed by atoms with Gasteiger partial charge in [0.25, 0.3) is 0 Å². The lowest BCUT2D eigenvalue weighted by molar-refractivity contribution is -0.301. The van der Waals surface area contributed by atoms with Crippen LogP contribution in [0, 0.1) is 28.1 Å². The fraction of sp³-hybridized carbons (Fsp3) is 0.733. The average molecular weight is 575 g/mol. The molecule has 5 aliphatic rings. The minimum Gasteiger partial charge on any atom is -0.472 e. The van der Waals surface area contributed by atoms with E-state index in [1.165, 1.54) is 26.4 Å². The summed E-state index contributed by atoms with van der Waals surface area (Å²) in [5.41, 5.74) is -4.83. The van der Waals surface area contributed by atoms with E-state index in [-0.39, 0.29) is 19.3 Å². The van der Waals surface area contributed by atoms with Gasteiger partial charge in [-0.2, -0.15) is 0 Å². The quantitative estimate of drug-likeness (QED) is 0.322. The maximum atomic E-state index is 13.5. The number of rotatable bonds is 3. The largest absolute Gasteiger partial charge is 0.472 e. The number of cyclic esters (lactones) is 2. The molecule has 2 aliphatic carbocycles. The van der Waals surface area contributed by atoms with Crippen LogP contribution in [0.2, 0.25) is 0 Å². The minimum absolute atomic E-state index is 0.157. The van der Waals surface area contributed by atoms with E-state index in [0.29, 0.717) is 5.56 Å². The number of esters is 4. The molecule has 41 heavy (non-hydrogen) atoms. The average Bonchev–Trinajstić information content (AvgIpc) is 3.43. The summed E-state index contributed by atoms with van der Waals surface area (Å²) < 4.78 is 35.6. The zero-order chi connectivity index (χ0) is 29.9. The van der Waals surface area contributed by atoms with Gasteiger partial charge in [-0.3, -0.25) is 14.4 Å². The predicted octanol–water partition coefficient (Wildman–Crippen LogP) is 3.02. The molecule has 0 bridgehead atoms. The van der Waals surface area contributed by atoms with Gasteiger partial charge in [0.05, 0.1) is 25.1 Å². The summed E-state index contributed by atoms with van der Waals surface area (Å²) in [6.07, 6.45) is -1.44. The molecule has 4 heterocycles. The highest BCUT2D eigenvalue weighted by atomic mass is 16.7. The lowest BCUT2D eigenvalue weighted by Crippen LogP contribution is -2.77. The van der Waals surface area contributed by atoms with Crippen LogP contribution in [0.3, 0.4) is 0 Å². The summed E-state index contributed by atoms with van der Waals surface area (Å²) in [4.78, 5) is 51.6. The van der Waals surface area contributed by atoms with Crippen LogP contribution >= 0.6 is 0 Å². The molecule has 3 aliphatic heterocycles. The minimum atomic E-state index is -1.21. The monoisotopic (exact) mass is 574 g/mol. The molecule has 0 radical (unpaired) electrons. The van der Waals surface area contributed by atoms with E-state index in [1.54, 1.807) is 19.9 Å². The van der Waals surface area contributed by atoms with E-state index in [4.69, 9.17) is 28.1 Å². The predicted molar refractivity (Wildman–Crippen MR) is 138 cm³/mol. The number of epoxide rings is 1.